The molecule has 0 fully saturated rings. The fourth-order valence-corrected chi connectivity index (χ4v) is 1.95. The van der Waals surface area contributed by atoms with Gasteiger partial charge >= 0.3 is 0 Å². The largest absolute Gasteiger partial charge is 0.337 e. The van der Waals surface area contributed by atoms with Crippen molar-refractivity contribution in [3.8, 4) is 0 Å². The van der Waals surface area contributed by atoms with Gasteiger partial charge in [-0.2, -0.15) is 0 Å². The van der Waals surface area contributed by atoms with Crippen LogP contribution in [0.25, 0.3) is 0 Å². The van der Waals surface area contributed by atoms with E-state index < -0.39 is 0 Å². The molecule has 0 aliphatic heterocycles. The highest BCUT2D eigenvalue weighted by Gasteiger charge is 2.00. The minimum atomic E-state index is 0.901. The number of aryl methyl sites for hydroxylation is 2. The van der Waals surface area contributed by atoms with Crippen molar-refractivity contribution in [1.29, 1.82) is 0 Å². The highest BCUT2D eigenvalue weighted by Crippen LogP contribution is 2.03. The third-order valence-electron chi connectivity index (χ3n) is 2.98. The zero-order valence-electron chi connectivity index (χ0n) is 10.9. The van der Waals surface area contributed by atoms with Crippen LogP contribution in [0.1, 0.15) is 25.5 Å². The van der Waals surface area contributed by atoms with Crippen molar-refractivity contribution in [1.82, 2.24) is 24.4 Å². The predicted octanol–water partition coefficient (Wildman–Crippen LogP) is 1.67. The Morgan fingerprint density at radius 2 is 2.06 bits per heavy atom. The van der Waals surface area contributed by atoms with Gasteiger partial charge in [0.25, 0.3) is 0 Å². The van der Waals surface area contributed by atoms with Gasteiger partial charge in [-0.15, -0.1) is 0 Å². The number of imidazole rings is 2. The quantitative estimate of drug-likeness (QED) is 0.722. The van der Waals surface area contributed by atoms with Crippen molar-refractivity contribution in [3.63, 3.8) is 0 Å². The first-order valence-electron chi connectivity index (χ1n) is 6.55. The third-order valence-corrected chi connectivity index (χ3v) is 2.98. The van der Waals surface area contributed by atoms with Crippen LogP contribution in [-0.4, -0.2) is 25.6 Å². The maximum absolute atomic E-state index is 4.21. The van der Waals surface area contributed by atoms with E-state index >= 15 is 0 Å². The Morgan fingerprint density at radius 3 is 2.83 bits per heavy atom. The molecule has 0 spiro atoms. The van der Waals surface area contributed by atoms with E-state index in [9.17, 15) is 0 Å². The molecular formula is C13H21N5. The number of aromatic nitrogens is 4. The molecule has 0 aromatic carbocycles. The van der Waals surface area contributed by atoms with E-state index in [1.54, 1.807) is 0 Å². The van der Waals surface area contributed by atoms with Crippen LogP contribution in [0.3, 0.4) is 0 Å². The van der Waals surface area contributed by atoms with Crippen LogP contribution >= 0.6 is 0 Å². The van der Waals surface area contributed by atoms with Crippen LogP contribution in [0.2, 0.25) is 0 Å². The smallest absolute Gasteiger partial charge is 0.0948 e. The van der Waals surface area contributed by atoms with Crippen molar-refractivity contribution in [2.24, 2.45) is 0 Å². The fraction of sp³-hybridized carbons (Fsp3) is 0.538. The van der Waals surface area contributed by atoms with Crippen LogP contribution in [0.4, 0.5) is 0 Å². The molecule has 0 unspecified atom stereocenters. The van der Waals surface area contributed by atoms with Crippen LogP contribution in [-0.2, 0) is 19.6 Å². The number of hydrogen-bond acceptors (Lipinski definition) is 3. The number of nitrogens with one attached hydrogen (secondary N) is 1. The molecule has 5 heteroatoms. The first kappa shape index (κ1) is 12.8. The molecule has 18 heavy (non-hydrogen) atoms. The van der Waals surface area contributed by atoms with Gasteiger partial charge in [0.05, 0.1) is 18.3 Å². The van der Waals surface area contributed by atoms with Gasteiger partial charge in [0.15, 0.2) is 0 Å². The van der Waals surface area contributed by atoms with Crippen molar-refractivity contribution in [2.75, 3.05) is 6.54 Å². The number of nitrogens with zero attached hydrogens (tertiary/aromatic N) is 4. The third kappa shape index (κ3) is 3.70. The molecule has 0 saturated heterocycles. The molecule has 0 atom stereocenters. The van der Waals surface area contributed by atoms with E-state index in [-0.39, 0.29) is 0 Å². The van der Waals surface area contributed by atoms with Gasteiger partial charge in [0.2, 0.25) is 0 Å². The van der Waals surface area contributed by atoms with Crippen molar-refractivity contribution >= 4 is 0 Å². The van der Waals surface area contributed by atoms with Crippen molar-refractivity contribution in [3.05, 3.63) is 36.9 Å². The Balaban J connectivity index is 1.71. The summed E-state index contributed by atoms with van der Waals surface area (Å²) in [5.74, 6) is 0. The summed E-state index contributed by atoms with van der Waals surface area (Å²) in [4.78, 5) is 8.25. The second-order valence-electron chi connectivity index (χ2n) is 4.37. The van der Waals surface area contributed by atoms with Gasteiger partial charge in [-0.05, 0) is 19.4 Å². The molecule has 2 rings (SSSR count). The lowest BCUT2D eigenvalue weighted by Gasteiger charge is -2.08. The normalized spacial score (nSPS) is 10.9. The second-order valence-corrected chi connectivity index (χ2v) is 4.37. The summed E-state index contributed by atoms with van der Waals surface area (Å²) in [5, 5.41) is 3.33. The molecule has 2 aromatic rings. The maximum Gasteiger partial charge on any atom is 0.0948 e. The van der Waals surface area contributed by atoms with E-state index in [0.29, 0.717) is 0 Å². The first-order chi connectivity index (χ1) is 8.90. The monoisotopic (exact) mass is 247 g/mol. The van der Waals surface area contributed by atoms with Crippen LogP contribution in [0, 0.1) is 0 Å². The standard InChI is InChI=1S/C13H21N5/c1-2-14-9-13-10-16-12-18(13)7-4-3-6-17-8-5-15-11-17/h5,8,10-12,14H,2-4,6-7,9H2,1H3. The second kappa shape index (κ2) is 6.96. The van der Waals surface area contributed by atoms with E-state index in [1.807, 2.05) is 31.2 Å². The lowest BCUT2D eigenvalue weighted by molar-refractivity contribution is 0.535. The van der Waals surface area contributed by atoms with Crippen molar-refractivity contribution < 1.29 is 0 Å². The molecule has 0 radical (unpaired) electrons. The fourth-order valence-electron chi connectivity index (χ4n) is 1.95. The van der Waals surface area contributed by atoms with Gasteiger partial charge in [-0.3, -0.25) is 0 Å². The Hall–Kier alpha value is -1.62. The van der Waals surface area contributed by atoms with E-state index in [4.69, 9.17) is 0 Å². The van der Waals surface area contributed by atoms with Gasteiger partial charge in [0.1, 0.15) is 0 Å². The highest BCUT2D eigenvalue weighted by molar-refractivity contribution is 4.97. The van der Waals surface area contributed by atoms with Gasteiger partial charge in [0, 0.05) is 38.2 Å². The summed E-state index contributed by atoms with van der Waals surface area (Å²) in [6.45, 7) is 6.09. The lowest BCUT2D eigenvalue weighted by atomic mass is 10.3. The molecule has 1 N–H and O–H groups in total. The molecule has 0 amide bonds. The zero-order chi connectivity index (χ0) is 12.6. The molecule has 5 nitrogen and oxygen atoms in total. The van der Waals surface area contributed by atoms with E-state index in [1.165, 1.54) is 5.69 Å². The summed E-state index contributed by atoms with van der Waals surface area (Å²) in [6.07, 6.45) is 11.9. The van der Waals surface area contributed by atoms with Gasteiger partial charge in [-0.25, -0.2) is 9.97 Å². The molecular weight excluding hydrogens is 226 g/mol. The first-order valence-corrected chi connectivity index (χ1v) is 6.55. The molecule has 2 aromatic heterocycles. The number of unbranched alkanes of at least 4 members (excludes halogenated alkanes) is 1. The Kier molecular flexibility index (Phi) is 4.96. The molecule has 98 valence electrons. The van der Waals surface area contributed by atoms with Crippen molar-refractivity contribution in [2.45, 2.75) is 39.4 Å². The zero-order valence-corrected chi connectivity index (χ0v) is 10.9. The summed E-state index contributed by atoms with van der Waals surface area (Å²) < 4.78 is 4.35. The molecule has 2 heterocycles. The molecule has 0 bridgehead atoms. The minimum Gasteiger partial charge on any atom is -0.337 e. The predicted molar refractivity (Wildman–Crippen MR) is 71.1 cm³/mol. The lowest BCUT2D eigenvalue weighted by Crippen LogP contribution is -2.15. The average molecular weight is 247 g/mol. The average Bonchev–Trinajstić information content (AvgIpc) is 3.03. The van der Waals surface area contributed by atoms with Gasteiger partial charge < -0.3 is 14.5 Å². The number of hydrogen-bond donors (Lipinski definition) is 1. The summed E-state index contributed by atoms with van der Waals surface area (Å²) in [7, 11) is 0. The van der Waals surface area contributed by atoms with Crippen LogP contribution in [0.5, 0.6) is 0 Å². The SMILES string of the molecule is CCNCc1cncn1CCCCn1ccnc1. The maximum atomic E-state index is 4.21. The Bertz CT molecular complexity index is 432. The van der Waals surface area contributed by atoms with E-state index in [2.05, 4.69) is 31.3 Å². The molecule has 0 saturated carbocycles. The van der Waals surface area contributed by atoms with Crippen LogP contribution in [0.15, 0.2) is 31.2 Å². The Labute approximate surface area is 108 Å². The molecule has 0 aliphatic rings. The summed E-state index contributed by atoms with van der Waals surface area (Å²) in [5.41, 5.74) is 1.26. The van der Waals surface area contributed by atoms with E-state index in [0.717, 1.165) is 39.0 Å². The van der Waals surface area contributed by atoms with Gasteiger partial charge in [-0.1, -0.05) is 6.92 Å². The number of rotatable bonds is 8. The Morgan fingerprint density at radius 1 is 1.17 bits per heavy atom. The van der Waals surface area contributed by atoms with Crippen LogP contribution < -0.4 is 5.32 Å². The molecule has 0 aliphatic carbocycles. The minimum absolute atomic E-state index is 0.901. The summed E-state index contributed by atoms with van der Waals surface area (Å²) >= 11 is 0. The topological polar surface area (TPSA) is 47.7 Å². The highest BCUT2D eigenvalue weighted by atomic mass is 15.1. The summed E-state index contributed by atoms with van der Waals surface area (Å²) in [6, 6.07) is 0.